The first-order valence-electron chi connectivity index (χ1n) is 7.21. The molecule has 2 unspecified atom stereocenters. The van der Waals surface area contributed by atoms with E-state index in [0.29, 0.717) is 5.56 Å². The Balaban J connectivity index is 1.92. The van der Waals surface area contributed by atoms with E-state index in [0.717, 1.165) is 24.4 Å². The zero-order valence-electron chi connectivity index (χ0n) is 11.8. The Morgan fingerprint density at radius 2 is 2.05 bits per heavy atom. The maximum Gasteiger partial charge on any atom is 0.338 e. The Kier molecular flexibility index (Phi) is 4.83. The van der Waals surface area contributed by atoms with E-state index in [-0.39, 0.29) is 12.1 Å². The molecule has 0 aliphatic heterocycles. The van der Waals surface area contributed by atoms with Crippen LogP contribution in [0, 0.1) is 5.92 Å². The van der Waals surface area contributed by atoms with Crippen molar-refractivity contribution in [2.75, 3.05) is 12.4 Å². The summed E-state index contributed by atoms with van der Waals surface area (Å²) in [6, 6.07) is 7.42. The Labute approximate surface area is 115 Å². The molecule has 104 valence electrons. The van der Waals surface area contributed by atoms with Crippen molar-refractivity contribution in [3.8, 4) is 0 Å². The van der Waals surface area contributed by atoms with E-state index in [1.165, 1.54) is 19.3 Å². The second kappa shape index (κ2) is 6.60. The fourth-order valence-electron chi connectivity index (χ4n) is 2.71. The number of nitrogens with one attached hydrogen (secondary N) is 1. The Morgan fingerprint density at radius 1 is 1.32 bits per heavy atom. The molecule has 2 atom stereocenters. The number of anilines is 1. The molecule has 3 heteroatoms. The van der Waals surface area contributed by atoms with Crippen LogP contribution in [-0.4, -0.2) is 19.1 Å². The zero-order valence-corrected chi connectivity index (χ0v) is 11.8. The van der Waals surface area contributed by atoms with Crippen molar-refractivity contribution in [2.45, 2.75) is 45.1 Å². The summed E-state index contributed by atoms with van der Waals surface area (Å²) in [5, 5.41) is 3.04. The summed E-state index contributed by atoms with van der Waals surface area (Å²) in [6.07, 6.45) is 5.78. The minimum atomic E-state index is -0.190. The van der Waals surface area contributed by atoms with Gasteiger partial charge in [0, 0.05) is 12.7 Å². The van der Waals surface area contributed by atoms with E-state index >= 15 is 0 Å². The van der Waals surface area contributed by atoms with Gasteiger partial charge in [-0.05, 0) is 49.4 Å². The molecule has 0 bridgehead atoms. The first-order valence-corrected chi connectivity index (χ1v) is 7.21. The predicted molar refractivity (Wildman–Crippen MR) is 77.4 cm³/mol. The van der Waals surface area contributed by atoms with Crippen molar-refractivity contribution in [2.24, 2.45) is 5.92 Å². The summed E-state index contributed by atoms with van der Waals surface area (Å²) >= 11 is 0. The number of rotatable bonds is 4. The SMILES string of the molecule is CCC1CCCC(OC(=O)c2ccc(NC)cc2)C1. The van der Waals surface area contributed by atoms with Crippen molar-refractivity contribution >= 4 is 11.7 Å². The fraction of sp³-hybridized carbons (Fsp3) is 0.562. The van der Waals surface area contributed by atoms with Crippen LogP contribution in [0.2, 0.25) is 0 Å². The molecular weight excluding hydrogens is 238 g/mol. The number of benzene rings is 1. The van der Waals surface area contributed by atoms with Crippen LogP contribution in [-0.2, 0) is 4.74 Å². The molecule has 0 radical (unpaired) electrons. The van der Waals surface area contributed by atoms with Gasteiger partial charge >= 0.3 is 5.97 Å². The largest absolute Gasteiger partial charge is 0.459 e. The molecule has 1 saturated carbocycles. The fourth-order valence-corrected chi connectivity index (χ4v) is 2.71. The summed E-state index contributed by atoms with van der Waals surface area (Å²) in [5.41, 5.74) is 1.64. The molecule has 19 heavy (non-hydrogen) atoms. The summed E-state index contributed by atoms with van der Waals surface area (Å²) in [4.78, 5) is 12.1. The quantitative estimate of drug-likeness (QED) is 0.836. The molecule has 0 saturated heterocycles. The average Bonchev–Trinajstić information content (AvgIpc) is 2.47. The van der Waals surface area contributed by atoms with Gasteiger partial charge in [-0.25, -0.2) is 4.79 Å². The Bertz CT molecular complexity index is 413. The highest BCUT2D eigenvalue weighted by molar-refractivity contribution is 5.89. The van der Waals surface area contributed by atoms with Crippen LogP contribution >= 0.6 is 0 Å². The summed E-state index contributed by atoms with van der Waals surface area (Å²) < 4.78 is 5.62. The van der Waals surface area contributed by atoms with E-state index in [2.05, 4.69) is 12.2 Å². The number of hydrogen-bond acceptors (Lipinski definition) is 3. The molecular formula is C16H23NO2. The molecule has 1 aliphatic carbocycles. The molecule has 0 spiro atoms. The predicted octanol–water partition coefficient (Wildman–Crippen LogP) is 3.85. The number of carbonyl (C=O) groups excluding carboxylic acids is 1. The van der Waals surface area contributed by atoms with Gasteiger partial charge in [-0.1, -0.05) is 19.8 Å². The lowest BCUT2D eigenvalue weighted by molar-refractivity contribution is 0.0140. The number of esters is 1. The van der Waals surface area contributed by atoms with Gasteiger partial charge in [0.1, 0.15) is 6.10 Å². The Morgan fingerprint density at radius 3 is 2.68 bits per heavy atom. The standard InChI is InChI=1S/C16H23NO2/c1-3-12-5-4-6-15(11-12)19-16(18)13-7-9-14(17-2)10-8-13/h7-10,12,15,17H,3-6,11H2,1-2H3. The summed E-state index contributed by atoms with van der Waals surface area (Å²) in [5.74, 6) is 0.530. The van der Waals surface area contributed by atoms with Crippen molar-refractivity contribution in [3.63, 3.8) is 0 Å². The molecule has 1 N–H and O–H groups in total. The van der Waals surface area contributed by atoms with E-state index in [1.807, 2.05) is 31.3 Å². The third-order valence-corrected chi connectivity index (χ3v) is 4.00. The lowest BCUT2D eigenvalue weighted by atomic mass is 9.85. The molecule has 3 nitrogen and oxygen atoms in total. The maximum atomic E-state index is 12.1. The maximum absolute atomic E-state index is 12.1. The van der Waals surface area contributed by atoms with Crippen LogP contribution in [0.15, 0.2) is 24.3 Å². The molecule has 1 fully saturated rings. The van der Waals surface area contributed by atoms with Crippen LogP contribution in [0.5, 0.6) is 0 Å². The molecule has 0 heterocycles. The topological polar surface area (TPSA) is 38.3 Å². The average molecular weight is 261 g/mol. The van der Waals surface area contributed by atoms with Crippen molar-refractivity contribution < 1.29 is 9.53 Å². The monoisotopic (exact) mass is 261 g/mol. The van der Waals surface area contributed by atoms with Crippen LogP contribution in [0.4, 0.5) is 5.69 Å². The summed E-state index contributed by atoms with van der Waals surface area (Å²) in [6.45, 7) is 2.21. The number of carbonyl (C=O) groups is 1. The van der Waals surface area contributed by atoms with Crippen molar-refractivity contribution in [1.82, 2.24) is 0 Å². The number of ether oxygens (including phenoxy) is 1. The number of hydrogen-bond donors (Lipinski definition) is 1. The lowest BCUT2D eigenvalue weighted by Crippen LogP contribution is -2.25. The highest BCUT2D eigenvalue weighted by Gasteiger charge is 2.24. The third-order valence-electron chi connectivity index (χ3n) is 4.00. The van der Waals surface area contributed by atoms with Crippen molar-refractivity contribution in [1.29, 1.82) is 0 Å². The normalized spacial score (nSPS) is 22.8. The minimum Gasteiger partial charge on any atom is -0.459 e. The van der Waals surface area contributed by atoms with E-state index in [4.69, 9.17) is 4.74 Å². The molecule has 1 aromatic carbocycles. The van der Waals surface area contributed by atoms with Gasteiger partial charge in [0.15, 0.2) is 0 Å². The molecule has 0 amide bonds. The van der Waals surface area contributed by atoms with Crippen LogP contribution in [0.1, 0.15) is 49.4 Å². The molecule has 1 aliphatic rings. The van der Waals surface area contributed by atoms with Crippen LogP contribution in [0.25, 0.3) is 0 Å². The van der Waals surface area contributed by atoms with E-state index in [1.54, 1.807) is 0 Å². The van der Waals surface area contributed by atoms with Gasteiger partial charge in [-0.2, -0.15) is 0 Å². The highest BCUT2D eigenvalue weighted by atomic mass is 16.5. The molecule has 1 aromatic rings. The van der Waals surface area contributed by atoms with Crippen LogP contribution in [0.3, 0.4) is 0 Å². The molecule has 2 rings (SSSR count). The van der Waals surface area contributed by atoms with Gasteiger partial charge in [-0.3, -0.25) is 0 Å². The van der Waals surface area contributed by atoms with Gasteiger partial charge in [0.25, 0.3) is 0 Å². The third kappa shape index (κ3) is 3.72. The second-order valence-corrected chi connectivity index (χ2v) is 5.30. The van der Waals surface area contributed by atoms with Gasteiger partial charge in [0.05, 0.1) is 5.56 Å². The van der Waals surface area contributed by atoms with Crippen molar-refractivity contribution in [3.05, 3.63) is 29.8 Å². The lowest BCUT2D eigenvalue weighted by Gasteiger charge is -2.28. The van der Waals surface area contributed by atoms with Gasteiger partial charge in [-0.15, -0.1) is 0 Å². The highest BCUT2D eigenvalue weighted by Crippen LogP contribution is 2.29. The van der Waals surface area contributed by atoms with E-state index in [9.17, 15) is 4.79 Å². The second-order valence-electron chi connectivity index (χ2n) is 5.30. The zero-order chi connectivity index (χ0) is 13.7. The van der Waals surface area contributed by atoms with E-state index < -0.39 is 0 Å². The smallest absolute Gasteiger partial charge is 0.338 e. The summed E-state index contributed by atoms with van der Waals surface area (Å²) in [7, 11) is 1.86. The van der Waals surface area contributed by atoms with Crippen LogP contribution < -0.4 is 5.32 Å². The first kappa shape index (κ1) is 13.9. The van der Waals surface area contributed by atoms with Gasteiger partial charge in [0.2, 0.25) is 0 Å². The minimum absolute atomic E-state index is 0.107. The first-order chi connectivity index (χ1) is 9.22. The Hall–Kier alpha value is -1.51. The molecule has 0 aromatic heterocycles. The van der Waals surface area contributed by atoms with Gasteiger partial charge < -0.3 is 10.1 Å².